The maximum absolute atomic E-state index is 12.6. The molecule has 3 rings (SSSR count). The van der Waals surface area contributed by atoms with Crippen LogP contribution >= 0.6 is 15.9 Å². The van der Waals surface area contributed by atoms with Crippen molar-refractivity contribution in [3.63, 3.8) is 0 Å². The summed E-state index contributed by atoms with van der Waals surface area (Å²) in [4.78, 5) is 24.1. The van der Waals surface area contributed by atoms with E-state index in [4.69, 9.17) is 4.42 Å². The molecule has 0 atom stereocenters. The second kappa shape index (κ2) is 6.84. The van der Waals surface area contributed by atoms with E-state index in [1.807, 2.05) is 42.5 Å². The molecule has 1 N–H and O–H groups in total. The van der Waals surface area contributed by atoms with Crippen LogP contribution in [0.2, 0.25) is 0 Å². The second-order valence-electron chi connectivity index (χ2n) is 5.21. The molecule has 0 saturated carbocycles. The molecule has 120 valence electrons. The largest absolute Gasteiger partial charge is 0.450 e. The summed E-state index contributed by atoms with van der Waals surface area (Å²) in [5.74, 6) is -0.480. The first kappa shape index (κ1) is 16.2. The number of benzene rings is 2. The lowest BCUT2D eigenvalue weighted by Crippen LogP contribution is -2.08. The van der Waals surface area contributed by atoms with Crippen molar-refractivity contribution >= 4 is 48.8 Å². The lowest BCUT2D eigenvalue weighted by molar-refractivity contribution is -0.114. The summed E-state index contributed by atoms with van der Waals surface area (Å²) in [6.07, 6.45) is 1.44. The van der Waals surface area contributed by atoms with Crippen molar-refractivity contribution in [2.75, 3.05) is 5.32 Å². The van der Waals surface area contributed by atoms with Crippen LogP contribution in [0.5, 0.6) is 0 Å². The minimum Gasteiger partial charge on any atom is -0.450 e. The molecule has 0 radical (unpaired) electrons. The molecule has 0 spiro atoms. The summed E-state index contributed by atoms with van der Waals surface area (Å²) in [5.41, 5.74) is 1.82. The Balaban J connectivity index is 2.05. The molecule has 5 heteroatoms. The zero-order chi connectivity index (χ0) is 17.1. The molecular weight excluding hydrogens is 370 g/mol. The molecule has 0 aliphatic heterocycles. The van der Waals surface area contributed by atoms with Crippen LogP contribution < -0.4 is 5.32 Å². The minimum absolute atomic E-state index is 0.110. The molecule has 0 saturated heterocycles. The van der Waals surface area contributed by atoms with Crippen LogP contribution in [0, 0.1) is 0 Å². The highest BCUT2D eigenvalue weighted by Crippen LogP contribution is 2.32. The van der Waals surface area contributed by atoms with Gasteiger partial charge in [0.05, 0.1) is 5.69 Å². The third-order valence-corrected chi connectivity index (χ3v) is 4.11. The lowest BCUT2D eigenvalue weighted by atomic mass is 10.1. The Morgan fingerprint density at radius 1 is 1.04 bits per heavy atom. The van der Waals surface area contributed by atoms with Gasteiger partial charge >= 0.3 is 0 Å². The van der Waals surface area contributed by atoms with Crippen molar-refractivity contribution < 1.29 is 14.0 Å². The number of halogens is 1. The Morgan fingerprint density at radius 3 is 2.42 bits per heavy atom. The van der Waals surface area contributed by atoms with E-state index in [9.17, 15) is 9.59 Å². The molecule has 2 aromatic carbocycles. The number of fused-ring (bicyclic) bond motifs is 1. The highest BCUT2D eigenvalue weighted by Gasteiger charge is 2.20. The number of carbonyl (C=O) groups excluding carboxylic acids is 2. The van der Waals surface area contributed by atoms with E-state index in [0.717, 1.165) is 5.56 Å². The van der Waals surface area contributed by atoms with Crippen LogP contribution in [0.3, 0.4) is 0 Å². The van der Waals surface area contributed by atoms with E-state index in [1.165, 1.54) is 13.0 Å². The molecule has 0 aliphatic rings. The summed E-state index contributed by atoms with van der Waals surface area (Å²) < 4.78 is 6.31. The molecular formula is C19H14BrNO3. The third-order valence-electron chi connectivity index (χ3n) is 3.43. The van der Waals surface area contributed by atoms with E-state index >= 15 is 0 Å². The number of furan rings is 1. The Morgan fingerprint density at radius 2 is 1.71 bits per heavy atom. The standard InChI is InChI=1S/C19H14BrNO3/c1-12(22)21-18-14-9-5-6-10-17(14)24-19(18)16(23)11-15(20)13-7-3-2-4-8-13/h2-11H,1H3,(H,21,22)/b15-11-. The fraction of sp³-hybridized carbons (Fsp3) is 0.0526. The molecule has 1 amide bonds. The van der Waals surface area contributed by atoms with Gasteiger partial charge in [-0.2, -0.15) is 0 Å². The zero-order valence-electron chi connectivity index (χ0n) is 12.9. The smallest absolute Gasteiger partial charge is 0.224 e. The van der Waals surface area contributed by atoms with Gasteiger partial charge in [0.15, 0.2) is 5.76 Å². The fourth-order valence-electron chi connectivity index (χ4n) is 2.38. The summed E-state index contributed by atoms with van der Waals surface area (Å²) in [7, 11) is 0. The molecule has 1 heterocycles. The third kappa shape index (κ3) is 3.31. The molecule has 0 unspecified atom stereocenters. The van der Waals surface area contributed by atoms with Crippen molar-refractivity contribution in [1.29, 1.82) is 0 Å². The number of hydrogen-bond acceptors (Lipinski definition) is 3. The predicted molar refractivity (Wildman–Crippen MR) is 98.2 cm³/mol. The van der Waals surface area contributed by atoms with Crippen molar-refractivity contribution in [3.05, 3.63) is 72.0 Å². The Kier molecular flexibility index (Phi) is 4.62. The summed E-state index contributed by atoms with van der Waals surface area (Å²) >= 11 is 3.41. The van der Waals surface area contributed by atoms with Crippen molar-refractivity contribution in [2.45, 2.75) is 6.92 Å². The number of rotatable bonds is 4. The highest BCUT2D eigenvalue weighted by molar-refractivity contribution is 9.15. The minimum atomic E-state index is -0.328. The first-order valence-electron chi connectivity index (χ1n) is 7.32. The Bertz CT molecular complexity index is 942. The molecule has 0 bridgehead atoms. The van der Waals surface area contributed by atoms with Crippen molar-refractivity contribution in [3.8, 4) is 0 Å². The number of carbonyl (C=O) groups is 2. The molecule has 4 nitrogen and oxygen atoms in total. The first-order chi connectivity index (χ1) is 11.6. The number of nitrogens with one attached hydrogen (secondary N) is 1. The van der Waals surface area contributed by atoms with Crippen LogP contribution in [-0.4, -0.2) is 11.7 Å². The van der Waals surface area contributed by atoms with Gasteiger partial charge in [-0.15, -0.1) is 0 Å². The maximum atomic E-state index is 12.6. The van der Waals surface area contributed by atoms with E-state index < -0.39 is 0 Å². The molecule has 24 heavy (non-hydrogen) atoms. The van der Waals surface area contributed by atoms with E-state index in [-0.39, 0.29) is 17.5 Å². The molecule has 3 aromatic rings. The van der Waals surface area contributed by atoms with Gasteiger partial charge in [0, 0.05) is 22.9 Å². The van der Waals surface area contributed by atoms with Gasteiger partial charge < -0.3 is 9.73 Å². The molecule has 0 aliphatic carbocycles. The summed E-state index contributed by atoms with van der Waals surface area (Å²) in [5, 5.41) is 3.39. The Hall–Kier alpha value is -2.66. The van der Waals surface area contributed by atoms with Gasteiger partial charge in [0.1, 0.15) is 5.58 Å². The van der Waals surface area contributed by atoms with E-state index in [2.05, 4.69) is 21.2 Å². The van der Waals surface area contributed by atoms with Gasteiger partial charge in [-0.05, 0) is 17.7 Å². The highest BCUT2D eigenvalue weighted by atomic mass is 79.9. The number of anilines is 1. The molecule has 0 fully saturated rings. The van der Waals surface area contributed by atoms with Gasteiger partial charge in [-0.25, -0.2) is 0 Å². The maximum Gasteiger partial charge on any atom is 0.224 e. The monoisotopic (exact) mass is 383 g/mol. The van der Waals surface area contributed by atoms with Crippen LogP contribution in [0.1, 0.15) is 23.0 Å². The van der Waals surface area contributed by atoms with Crippen LogP contribution in [0.25, 0.3) is 15.5 Å². The number of amides is 1. The van der Waals surface area contributed by atoms with Gasteiger partial charge in [0.2, 0.25) is 11.7 Å². The Labute approximate surface area is 147 Å². The molecule has 1 aromatic heterocycles. The number of ketones is 1. The number of allylic oxidation sites excluding steroid dienone is 1. The predicted octanol–water partition coefficient (Wildman–Crippen LogP) is 5.01. The quantitative estimate of drug-likeness (QED) is 0.508. The van der Waals surface area contributed by atoms with E-state index in [0.29, 0.717) is 21.1 Å². The summed E-state index contributed by atoms with van der Waals surface area (Å²) in [6.45, 7) is 1.39. The fourth-order valence-corrected chi connectivity index (χ4v) is 2.85. The summed E-state index contributed by atoms with van der Waals surface area (Å²) in [6, 6.07) is 16.7. The van der Waals surface area contributed by atoms with Gasteiger partial charge in [-0.3, -0.25) is 9.59 Å². The lowest BCUT2D eigenvalue weighted by Gasteiger charge is -2.02. The normalized spacial score (nSPS) is 11.5. The first-order valence-corrected chi connectivity index (χ1v) is 8.11. The van der Waals surface area contributed by atoms with Crippen molar-refractivity contribution in [2.24, 2.45) is 0 Å². The zero-order valence-corrected chi connectivity index (χ0v) is 14.5. The van der Waals surface area contributed by atoms with Crippen LogP contribution in [0.4, 0.5) is 5.69 Å². The van der Waals surface area contributed by atoms with Gasteiger partial charge in [0.25, 0.3) is 0 Å². The van der Waals surface area contributed by atoms with Crippen molar-refractivity contribution in [1.82, 2.24) is 0 Å². The topological polar surface area (TPSA) is 59.3 Å². The average molecular weight is 384 g/mol. The number of hydrogen-bond donors (Lipinski definition) is 1. The average Bonchev–Trinajstić information content (AvgIpc) is 2.94. The van der Waals surface area contributed by atoms with E-state index in [1.54, 1.807) is 12.1 Å². The SMILES string of the molecule is CC(=O)Nc1c(C(=O)/C=C(\Br)c2ccccc2)oc2ccccc12. The van der Waals surface area contributed by atoms with Crippen LogP contribution in [0.15, 0.2) is 65.1 Å². The van der Waals surface area contributed by atoms with Crippen LogP contribution in [-0.2, 0) is 4.79 Å². The second-order valence-corrected chi connectivity index (χ2v) is 6.06. The number of para-hydroxylation sites is 1. The van der Waals surface area contributed by atoms with Gasteiger partial charge in [-0.1, -0.05) is 58.4 Å².